The van der Waals surface area contributed by atoms with Crippen molar-refractivity contribution in [3.63, 3.8) is 0 Å². The number of methoxy groups -OCH3 is 1. The molecule has 0 aromatic heterocycles. The van der Waals surface area contributed by atoms with Crippen LogP contribution in [-0.4, -0.2) is 45.3 Å². The van der Waals surface area contributed by atoms with Crippen LogP contribution in [0, 0.1) is 11.7 Å². The van der Waals surface area contributed by atoms with E-state index in [2.05, 4.69) is 12.2 Å². The zero-order valence-electron chi connectivity index (χ0n) is 16.5. The average molecular weight is 421 g/mol. The molecule has 8 heteroatoms. The van der Waals surface area contributed by atoms with E-state index in [1.54, 1.807) is 12.1 Å². The number of hydrogen-bond acceptors (Lipinski definition) is 5. The molecule has 1 N–H and O–H groups in total. The van der Waals surface area contributed by atoms with Crippen molar-refractivity contribution in [1.29, 1.82) is 0 Å². The van der Waals surface area contributed by atoms with Crippen LogP contribution in [0.2, 0.25) is 0 Å². The fourth-order valence-corrected chi connectivity index (χ4v) is 4.71. The summed E-state index contributed by atoms with van der Waals surface area (Å²) in [4.78, 5) is 12.5. The van der Waals surface area contributed by atoms with E-state index in [0.717, 1.165) is 18.9 Å². The van der Waals surface area contributed by atoms with Crippen molar-refractivity contribution in [2.24, 2.45) is 5.92 Å². The number of hydrogen-bond donors (Lipinski definition) is 1. The third kappa shape index (κ3) is 4.94. The summed E-state index contributed by atoms with van der Waals surface area (Å²) in [5.41, 5.74) is 0.841. The molecular formula is C21H25FN2O4S. The Hall–Kier alpha value is -2.45. The number of nitrogens with zero attached hydrogens (tertiary/aromatic N) is 1. The summed E-state index contributed by atoms with van der Waals surface area (Å²) in [7, 11) is -2.14. The van der Waals surface area contributed by atoms with Crippen molar-refractivity contribution in [3.05, 3.63) is 53.8 Å². The third-order valence-corrected chi connectivity index (χ3v) is 7.07. The molecule has 1 aliphatic heterocycles. The lowest BCUT2D eigenvalue weighted by Gasteiger charge is -2.29. The van der Waals surface area contributed by atoms with Crippen LogP contribution in [-0.2, 0) is 10.0 Å². The fraction of sp³-hybridized carbons (Fsp3) is 0.381. The number of carbonyl (C=O) groups is 1. The first-order chi connectivity index (χ1) is 13.8. The molecule has 0 saturated carbocycles. The van der Waals surface area contributed by atoms with Crippen molar-refractivity contribution in [2.45, 2.75) is 24.7 Å². The summed E-state index contributed by atoms with van der Waals surface area (Å²) >= 11 is 0. The van der Waals surface area contributed by atoms with Gasteiger partial charge >= 0.3 is 0 Å². The Labute approximate surface area is 170 Å². The summed E-state index contributed by atoms with van der Waals surface area (Å²) in [6, 6.07) is 10.4. The molecule has 1 saturated heterocycles. The molecule has 0 radical (unpaired) electrons. The number of Topliss-reactive ketones (excluding diaryl/α,β-unsaturated/α-hetero) is 1. The summed E-state index contributed by atoms with van der Waals surface area (Å²) in [5.74, 6) is -0.259. The number of halogens is 1. The molecule has 2 aromatic carbocycles. The Kier molecular flexibility index (Phi) is 6.54. The van der Waals surface area contributed by atoms with E-state index in [1.165, 1.54) is 35.7 Å². The first-order valence-corrected chi connectivity index (χ1v) is 11.0. The smallest absolute Gasteiger partial charge is 0.243 e. The zero-order chi connectivity index (χ0) is 21.0. The minimum Gasteiger partial charge on any atom is -0.494 e. The molecular weight excluding hydrogens is 395 g/mol. The van der Waals surface area contributed by atoms with Crippen LogP contribution in [0.25, 0.3) is 0 Å². The van der Waals surface area contributed by atoms with Crippen LogP contribution >= 0.6 is 0 Å². The molecule has 156 valence electrons. The predicted octanol–water partition coefficient (Wildman–Crippen LogP) is 3.55. The predicted molar refractivity (Wildman–Crippen MR) is 109 cm³/mol. The first-order valence-electron chi connectivity index (χ1n) is 9.52. The van der Waals surface area contributed by atoms with Crippen molar-refractivity contribution >= 4 is 21.5 Å². The van der Waals surface area contributed by atoms with Gasteiger partial charge in [-0.25, -0.2) is 12.8 Å². The normalized spacial score (nSPS) is 15.8. The maximum absolute atomic E-state index is 13.7. The van der Waals surface area contributed by atoms with Crippen molar-refractivity contribution in [3.8, 4) is 5.75 Å². The number of ketones is 1. The topological polar surface area (TPSA) is 75.7 Å². The molecule has 0 bridgehead atoms. The molecule has 0 aliphatic carbocycles. The van der Waals surface area contributed by atoms with Gasteiger partial charge in [0.15, 0.2) is 17.3 Å². The van der Waals surface area contributed by atoms with Gasteiger partial charge in [-0.05, 0) is 61.2 Å². The number of anilines is 1. The molecule has 0 atom stereocenters. The summed E-state index contributed by atoms with van der Waals surface area (Å²) < 4.78 is 45.6. The van der Waals surface area contributed by atoms with E-state index in [0.29, 0.717) is 24.7 Å². The monoisotopic (exact) mass is 420 g/mol. The van der Waals surface area contributed by atoms with E-state index >= 15 is 0 Å². The van der Waals surface area contributed by atoms with Crippen molar-refractivity contribution in [2.75, 3.05) is 32.1 Å². The number of piperidine rings is 1. The molecule has 0 spiro atoms. The van der Waals surface area contributed by atoms with Gasteiger partial charge in [0.2, 0.25) is 10.0 Å². The highest BCUT2D eigenvalue weighted by atomic mass is 32.2. The van der Waals surface area contributed by atoms with Gasteiger partial charge in [0.05, 0.1) is 18.6 Å². The summed E-state index contributed by atoms with van der Waals surface area (Å²) in [5, 5.41) is 2.94. The van der Waals surface area contributed by atoms with Gasteiger partial charge in [0, 0.05) is 24.3 Å². The second-order valence-electron chi connectivity index (χ2n) is 7.24. The molecule has 3 rings (SSSR count). The average Bonchev–Trinajstić information content (AvgIpc) is 2.72. The molecule has 6 nitrogen and oxygen atoms in total. The second-order valence-corrected chi connectivity index (χ2v) is 9.17. The van der Waals surface area contributed by atoms with Gasteiger partial charge in [0.1, 0.15) is 0 Å². The maximum atomic E-state index is 13.7. The van der Waals surface area contributed by atoms with Crippen LogP contribution in [0.3, 0.4) is 0 Å². The number of benzene rings is 2. The minimum absolute atomic E-state index is 0.0398. The lowest BCUT2D eigenvalue weighted by atomic mass is 10.0. The first kappa shape index (κ1) is 21.3. The Morgan fingerprint density at radius 1 is 1.17 bits per heavy atom. The molecule has 29 heavy (non-hydrogen) atoms. The molecule has 1 fully saturated rings. The van der Waals surface area contributed by atoms with Crippen LogP contribution in [0.4, 0.5) is 10.1 Å². The molecule has 0 amide bonds. The highest BCUT2D eigenvalue weighted by Gasteiger charge is 2.27. The molecule has 2 aromatic rings. The number of carbonyl (C=O) groups excluding carboxylic acids is 1. The van der Waals surface area contributed by atoms with Crippen molar-refractivity contribution < 1.29 is 22.3 Å². The minimum atomic E-state index is -3.50. The number of ether oxygens (including phenoxy) is 1. The number of sulfonamides is 1. The van der Waals surface area contributed by atoms with Crippen LogP contribution in [0.15, 0.2) is 47.4 Å². The molecule has 1 aliphatic rings. The Balaban J connectivity index is 1.62. The fourth-order valence-electron chi connectivity index (χ4n) is 3.24. The van der Waals surface area contributed by atoms with Crippen LogP contribution in [0.1, 0.15) is 30.1 Å². The lowest BCUT2D eigenvalue weighted by Crippen LogP contribution is -2.37. The maximum Gasteiger partial charge on any atom is 0.243 e. The standard InChI is InChI=1S/C21H25FN2O4S/c1-15-9-11-24(12-10-15)29(26,27)18-6-4-17(5-7-18)23-14-20(25)16-3-8-21(28-2)19(22)13-16/h3-8,13,15,23H,9-12,14H2,1-2H3. The van der Waals surface area contributed by atoms with Gasteiger partial charge in [-0.3, -0.25) is 4.79 Å². The summed E-state index contributed by atoms with van der Waals surface area (Å²) in [6.07, 6.45) is 1.74. The Morgan fingerprint density at radius 3 is 2.41 bits per heavy atom. The van der Waals surface area contributed by atoms with E-state index in [-0.39, 0.29) is 28.5 Å². The number of rotatable bonds is 7. The van der Waals surface area contributed by atoms with Gasteiger partial charge in [-0.1, -0.05) is 6.92 Å². The largest absolute Gasteiger partial charge is 0.494 e. The highest BCUT2D eigenvalue weighted by molar-refractivity contribution is 7.89. The van der Waals surface area contributed by atoms with Crippen LogP contribution < -0.4 is 10.1 Å². The molecule has 1 heterocycles. The highest BCUT2D eigenvalue weighted by Crippen LogP contribution is 2.24. The van der Waals surface area contributed by atoms with Crippen molar-refractivity contribution in [1.82, 2.24) is 4.31 Å². The number of nitrogens with one attached hydrogen (secondary N) is 1. The molecule has 0 unspecified atom stereocenters. The van der Waals surface area contributed by atoms with Crippen LogP contribution in [0.5, 0.6) is 5.75 Å². The lowest BCUT2D eigenvalue weighted by molar-refractivity contribution is 0.101. The second kappa shape index (κ2) is 8.92. The third-order valence-electron chi connectivity index (χ3n) is 5.16. The van der Waals surface area contributed by atoms with E-state index in [9.17, 15) is 17.6 Å². The zero-order valence-corrected chi connectivity index (χ0v) is 17.3. The van der Waals surface area contributed by atoms with Gasteiger partial charge < -0.3 is 10.1 Å². The Morgan fingerprint density at radius 2 is 1.83 bits per heavy atom. The Bertz CT molecular complexity index is 969. The van der Waals surface area contributed by atoms with Gasteiger partial charge in [0.25, 0.3) is 0 Å². The SMILES string of the molecule is COc1ccc(C(=O)CNc2ccc(S(=O)(=O)N3CCC(C)CC3)cc2)cc1F. The van der Waals surface area contributed by atoms with Gasteiger partial charge in [-0.15, -0.1) is 0 Å². The van der Waals surface area contributed by atoms with Gasteiger partial charge in [-0.2, -0.15) is 4.31 Å². The van der Waals surface area contributed by atoms with E-state index in [1.807, 2.05) is 0 Å². The summed E-state index contributed by atoms with van der Waals surface area (Å²) in [6.45, 7) is 3.17. The quantitative estimate of drug-likeness (QED) is 0.694. The van der Waals surface area contributed by atoms with E-state index < -0.39 is 15.8 Å². The van der Waals surface area contributed by atoms with E-state index in [4.69, 9.17) is 4.74 Å².